The zero-order valence-corrected chi connectivity index (χ0v) is 31.4. The molecule has 0 fully saturated rings. The molecule has 0 N–H and O–H groups in total. The quantitative estimate of drug-likeness (QED) is 0.159. The van der Waals surface area contributed by atoms with E-state index in [4.69, 9.17) is 19.9 Å². The van der Waals surface area contributed by atoms with Crippen LogP contribution in [0.1, 0.15) is 0 Å². The number of nitrogens with zero attached hydrogens (tertiary/aromatic N) is 4. The fourth-order valence-corrected chi connectivity index (χ4v) is 8.18. The van der Waals surface area contributed by atoms with E-state index in [9.17, 15) is 0 Å². The second-order valence-electron chi connectivity index (χ2n) is 14.7. The first-order valence-corrected chi connectivity index (χ1v) is 19.5. The number of rotatable bonds is 6. The van der Waals surface area contributed by atoms with Crippen LogP contribution in [0.5, 0.6) is 0 Å². The summed E-state index contributed by atoms with van der Waals surface area (Å²) in [5, 5.41) is 8.11. The lowest BCUT2D eigenvalue weighted by Gasteiger charge is -2.15. The zero-order chi connectivity index (χ0) is 38.4. The average molecular weight is 739 g/mol. The molecule has 11 rings (SSSR count). The van der Waals surface area contributed by atoms with E-state index in [1.807, 2.05) is 6.07 Å². The van der Waals surface area contributed by atoms with Crippen molar-refractivity contribution in [3.05, 3.63) is 206 Å². The number of aromatic nitrogens is 4. The van der Waals surface area contributed by atoms with Crippen LogP contribution in [-0.2, 0) is 0 Å². The van der Waals surface area contributed by atoms with Gasteiger partial charge in [-0.25, -0.2) is 19.9 Å². The molecular formula is C54H34N4. The summed E-state index contributed by atoms with van der Waals surface area (Å²) in [7, 11) is 0. The van der Waals surface area contributed by atoms with Gasteiger partial charge in [0.15, 0.2) is 17.5 Å². The SMILES string of the molecule is c1ccc(-c2nc3ccccc3c3c(-c4cccc(-c5cccc(-c6nc(-c7ccc8ccccc8c7)nc(-c7ccc8ccccc8c7)n6)c5)c4)cccc23)cc1. The topological polar surface area (TPSA) is 51.6 Å². The molecule has 0 radical (unpaired) electrons. The number of benzene rings is 9. The van der Waals surface area contributed by atoms with Crippen LogP contribution in [0.4, 0.5) is 0 Å². The van der Waals surface area contributed by atoms with E-state index in [-0.39, 0.29) is 0 Å². The zero-order valence-electron chi connectivity index (χ0n) is 31.4. The molecule has 0 saturated carbocycles. The molecule has 9 aromatic carbocycles. The molecule has 11 aromatic rings. The van der Waals surface area contributed by atoms with E-state index in [1.54, 1.807) is 0 Å². The van der Waals surface area contributed by atoms with Crippen molar-refractivity contribution in [2.24, 2.45) is 0 Å². The predicted molar refractivity (Wildman–Crippen MR) is 240 cm³/mol. The Bertz CT molecular complexity index is 3260. The summed E-state index contributed by atoms with van der Waals surface area (Å²) in [6.45, 7) is 0. The monoisotopic (exact) mass is 738 g/mol. The minimum absolute atomic E-state index is 0.626. The lowest BCUT2D eigenvalue weighted by molar-refractivity contribution is 1.08. The molecule has 0 unspecified atom stereocenters. The highest BCUT2D eigenvalue weighted by molar-refractivity contribution is 6.17. The third kappa shape index (κ3) is 6.05. The highest BCUT2D eigenvalue weighted by Crippen LogP contribution is 2.40. The van der Waals surface area contributed by atoms with Crippen LogP contribution in [0.15, 0.2) is 206 Å². The number of fused-ring (bicyclic) bond motifs is 5. The molecule has 58 heavy (non-hydrogen) atoms. The minimum Gasteiger partial charge on any atom is -0.247 e. The Morgan fingerprint density at radius 2 is 0.724 bits per heavy atom. The van der Waals surface area contributed by atoms with Crippen molar-refractivity contribution >= 4 is 43.2 Å². The van der Waals surface area contributed by atoms with E-state index in [0.717, 1.165) is 71.7 Å². The van der Waals surface area contributed by atoms with Crippen molar-refractivity contribution in [3.8, 4) is 67.7 Å². The van der Waals surface area contributed by atoms with Crippen LogP contribution in [0.2, 0.25) is 0 Å². The summed E-state index contributed by atoms with van der Waals surface area (Å²) < 4.78 is 0. The molecule has 0 spiro atoms. The second kappa shape index (κ2) is 14.0. The van der Waals surface area contributed by atoms with Crippen LogP contribution in [0.25, 0.3) is 111 Å². The molecule has 0 saturated heterocycles. The van der Waals surface area contributed by atoms with Crippen molar-refractivity contribution in [2.45, 2.75) is 0 Å². The van der Waals surface area contributed by atoms with Crippen LogP contribution in [0.3, 0.4) is 0 Å². The first kappa shape index (κ1) is 33.5. The van der Waals surface area contributed by atoms with Gasteiger partial charge in [-0.05, 0) is 74.1 Å². The molecule has 0 bridgehead atoms. The third-order valence-electron chi connectivity index (χ3n) is 11.1. The van der Waals surface area contributed by atoms with Gasteiger partial charge in [0.25, 0.3) is 0 Å². The molecule has 0 amide bonds. The fourth-order valence-electron chi connectivity index (χ4n) is 8.18. The van der Waals surface area contributed by atoms with Gasteiger partial charge in [-0.15, -0.1) is 0 Å². The van der Waals surface area contributed by atoms with Crippen LogP contribution in [-0.4, -0.2) is 19.9 Å². The van der Waals surface area contributed by atoms with Gasteiger partial charge >= 0.3 is 0 Å². The maximum atomic E-state index is 5.17. The molecule has 2 heterocycles. The van der Waals surface area contributed by atoms with Gasteiger partial charge in [-0.1, -0.05) is 176 Å². The average Bonchev–Trinajstić information content (AvgIpc) is 3.31. The molecule has 0 atom stereocenters. The summed E-state index contributed by atoms with van der Waals surface area (Å²) in [4.78, 5) is 20.5. The Morgan fingerprint density at radius 3 is 1.38 bits per heavy atom. The van der Waals surface area contributed by atoms with Gasteiger partial charge in [0.2, 0.25) is 0 Å². The Balaban J connectivity index is 1.04. The van der Waals surface area contributed by atoms with Gasteiger partial charge < -0.3 is 0 Å². The van der Waals surface area contributed by atoms with E-state index < -0.39 is 0 Å². The molecule has 4 heteroatoms. The summed E-state index contributed by atoms with van der Waals surface area (Å²) in [6, 6.07) is 72.4. The van der Waals surface area contributed by atoms with E-state index in [1.165, 1.54) is 21.7 Å². The summed E-state index contributed by atoms with van der Waals surface area (Å²) >= 11 is 0. The first-order valence-electron chi connectivity index (χ1n) is 19.5. The number of hydrogen-bond donors (Lipinski definition) is 0. The first-order chi connectivity index (χ1) is 28.7. The minimum atomic E-state index is 0.626. The number of hydrogen-bond acceptors (Lipinski definition) is 4. The smallest absolute Gasteiger partial charge is 0.164 e. The Hall–Kier alpha value is -7.82. The summed E-state index contributed by atoms with van der Waals surface area (Å²) in [5.74, 6) is 1.90. The number of pyridine rings is 1. The molecule has 0 aliphatic carbocycles. The Kier molecular flexibility index (Phi) is 8.11. The lowest BCUT2D eigenvalue weighted by atomic mass is 9.91. The van der Waals surface area contributed by atoms with Gasteiger partial charge in [0.1, 0.15) is 0 Å². The Morgan fingerprint density at radius 1 is 0.259 bits per heavy atom. The molecule has 4 nitrogen and oxygen atoms in total. The van der Waals surface area contributed by atoms with Gasteiger partial charge in [-0.2, -0.15) is 0 Å². The van der Waals surface area contributed by atoms with Crippen LogP contribution in [0, 0.1) is 0 Å². The normalized spacial score (nSPS) is 11.4. The maximum Gasteiger partial charge on any atom is 0.164 e. The molecular weight excluding hydrogens is 705 g/mol. The van der Waals surface area contributed by atoms with Crippen LogP contribution < -0.4 is 0 Å². The molecule has 0 aliphatic heterocycles. The summed E-state index contributed by atoms with van der Waals surface area (Å²) in [5.41, 5.74) is 10.4. The maximum absolute atomic E-state index is 5.17. The van der Waals surface area contributed by atoms with E-state index >= 15 is 0 Å². The highest BCUT2D eigenvalue weighted by atomic mass is 15.0. The van der Waals surface area contributed by atoms with Gasteiger partial charge in [0, 0.05) is 38.4 Å². The predicted octanol–water partition coefficient (Wildman–Crippen LogP) is 13.9. The van der Waals surface area contributed by atoms with E-state index in [2.05, 4.69) is 200 Å². The lowest BCUT2D eigenvalue weighted by Crippen LogP contribution is -2.00. The Labute approximate surface area is 335 Å². The molecule has 2 aromatic heterocycles. The molecule has 0 aliphatic rings. The van der Waals surface area contributed by atoms with Crippen molar-refractivity contribution < 1.29 is 0 Å². The van der Waals surface area contributed by atoms with Crippen molar-refractivity contribution in [2.75, 3.05) is 0 Å². The highest BCUT2D eigenvalue weighted by Gasteiger charge is 2.17. The van der Waals surface area contributed by atoms with Crippen molar-refractivity contribution in [1.82, 2.24) is 19.9 Å². The second-order valence-corrected chi connectivity index (χ2v) is 14.7. The van der Waals surface area contributed by atoms with E-state index in [0.29, 0.717) is 17.5 Å². The van der Waals surface area contributed by atoms with Crippen molar-refractivity contribution in [1.29, 1.82) is 0 Å². The number of para-hydroxylation sites is 1. The van der Waals surface area contributed by atoms with Crippen molar-refractivity contribution in [3.63, 3.8) is 0 Å². The fraction of sp³-hybridized carbons (Fsp3) is 0. The largest absolute Gasteiger partial charge is 0.247 e. The summed E-state index contributed by atoms with van der Waals surface area (Å²) in [6.07, 6.45) is 0. The standard InChI is InChI=1S/C54H34N4/c1-2-15-37(16-3-1)51-48-25-12-24-46(50(48)47-23-8-9-26-49(47)55-51)42-21-10-19-40(31-42)41-20-11-22-43(34-41)52-56-53(44-29-27-35-13-4-6-17-38(35)32-44)58-54(57-52)45-30-28-36-14-5-7-18-39(36)33-45/h1-34H. The van der Waals surface area contributed by atoms with Crippen LogP contribution >= 0.6 is 0 Å². The van der Waals surface area contributed by atoms with Gasteiger partial charge in [0.05, 0.1) is 11.2 Å². The third-order valence-corrected chi connectivity index (χ3v) is 11.1. The molecule has 270 valence electrons. The van der Waals surface area contributed by atoms with Gasteiger partial charge in [-0.3, -0.25) is 0 Å².